The first-order chi connectivity index (χ1) is 16.0. The number of aromatic nitrogens is 2. The van der Waals surface area contributed by atoms with Gasteiger partial charge in [0.15, 0.2) is 11.6 Å². The highest BCUT2D eigenvalue weighted by atomic mass is 16.5. The monoisotopic (exact) mass is 452 g/mol. The second-order valence-electron chi connectivity index (χ2n) is 8.28. The van der Waals surface area contributed by atoms with Crippen molar-refractivity contribution in [3.05, 3.63) is 54.4 Å². The Kier molecular flexibility index (Phi) is 11.9. The smallest absolute Gasteiger partial charge is 0.335 e. The van der Waals surface area contributed by atoms with Crippen LogP contribution in [0.5, 0.6) is 5.75 Å². The summed E-state index contributed by atoms with van der Waals surface area (Å²) in [6, 6.07) is 7.94. The first kappa shape index (κ1) is 26.2. The van der Waals surface area contributed by atoms with Crippen molar-refractivity contribution in [2.45, 2.75) is 84.7 Å². The summed E-state index contributed by atoms with van der Waals surface area (Å²) in [5, 5.41) is 0. The van der Waals surface area contributed by atoms with Crippen molar-refractivity contribution in [3.8, 4) is 17.1 Å². The maximum absolute atomic E-state index is 12.0. The molecule has 1 atom stereocenters. The molecule has 0 N–H and O–H groups in total. The van der Waals surface area contributed by atoms with Gasteiger partial charge in [0.2, 0.25) is 0 Å². The van der Waals surface area contributed by atoms with Crippen LogP contribution >= 0.6 is 0 Å². The summed E-state index contributed by atoms with van der Waals surface area (Å²) in [7, 11) is 0. The highest BCUT2D eigenvalue weighted by molar-refractivity contribution is 5.83. The van der Waals surface area contributed by atoms with Crippen LogP contribution in [0.25, 0.3) is 11.4 Å². The number of carbonyl (C=O) groups is 2. The number of benzene rings is 1. The summed E-state index contributed by atoms with van der Waals surface area (Å²) in [6.07, 6.45) is 16.1. The molecule has 1 heterocycles. The average molecular weight is 453 g/mol. The van der Waals surface area contributed by atoms with Gasteiger partial charge in [-0.25, -0.2) is 14.8 Å². The fourth-order valence-corrected chi connectivity index (χ4v) is 3.42. The number of allylic oxidation sites excluding steroid dienone is 1. The average Bonchev–Trinajstić information content (AvgIpc) is 2.80. The fraction of sp³-hybridized carbons (Fsp3) is 0.481. The van der Waals surface area contributed by atoms with Crippen LogP contribution < -0.4 is 4.74 Å². The largest absolute Gasteiger partial charge is 0.463 e. The van der Waals surface area contributed by atoms with Crippen LogP contribution in [0.1, 0.15) is 77.7 Å². The lowest BCUT2D eigenvalue weighted by atomic mass is 10.1. The van der Waals surface area contributed by atoms with E-state index in [-0.39, 0.29) is 12.1 Å². The first-order valence-corrected chi connectivity index (χ1v) is 11.9. The fourth-order valence-electron chi connectivity index (χ4n) is 3.42. The van der Waals surface area contributed by atoms with Gasteiger partial charge < -0.3 is 9.47 Å². The molecule has 0 aliphatic heterocycles. The molecule has 6 nitrogen and oxygen atoms in total. The quantitative estimate of drug-likeness (QED) is 0.192. The molecule has 0 spiro atoms. The van der Waals surface area contributed by atoms with Crippen LogP contribution in [0.2, 0.25) is 0 Å². The first-order valence-electron chi connectivity index (χ1n) is 11.9. The van der Waals surface area contributed by atoms with Gasteiger partial charge in [0.05, 0.1) is 18.5 Å². The van der Waals surface area contributed by atoms with E-state index in [1.165, 1.54) is 57.5 Å². The Balaban J connectivity index is 1.76. The summed E-state index contributed by atoms with van der Waals surface area (Å²) in [4.78, 5) is 31.6. The van der Waals surface area contributed by atoms with Gasteiger partial charge in [0.25, 0.3) is 0 Å². The molecule has 1 unspecified atom stereocenters. The minimum Gasteiger partial charge on any atom is -0.463 e. The van der Waals surface area contributed by atoms with Gasteiger partial charge in [0.1, 0.15) is 0 Å². The molecule has 6 heteroatoms. The maximum Gasteiger partial charge on any atom is 0.335 e. The number of esters is 2. The van der Waals surface area contributed by atoms with Gasteiger partial charge in [-0.05, 0) is 38.2 Å². The van der Waals surface area contributed by atoms with Crippen LogP contribution in [-0.2, 0) is 20.7 Å². The molecule has 0 radical (unpaired) electrons. The van der Waals surface area contributed by atoms with E-state index < -0.39 is 5.97 Å². The van der Waals surface area contributed by atoms with Crippen molar-refractivity contribution in [1.82, 2.24) is 9.97 Å². The number of nitrogens with zero attached hydrogens (tertiary/aromatic N) is 2. The third-order valence-electron chi connectivity index (χ3n) is 5.24. The van der Waals surface area contributed by atoms with Crippen molar-refractivity contribution in [3.63, 3.8) is 0 Å². The van der Waals surface area contributed by atoms with Crippen molar-refractivity contribution in [2.75, 3.05) is 0 Å². The number of carbonyl (C=O) groups excluding carboxylic acids is 2. The number of hydrogen-bond donors (Lipinski definition) is 0. The van der Waals surface area contributed by atoms with E-state index >= 15 is 0 Å². The Labute approximate surface area is 197 Å². The molecule has 0 bridgehead atoms. The van der Waals surface area contributed by atoms with Gasteiger partial charge >= 0.3 is 11.9 Å². The lowest BCUT2D eigenvalue weighted by Crippen LogP contribution is -2.12. The summed E-state index contributed by atoms with van der Waals surface area (Å²) in [6.45, 7) is 5.53. The third-order valence-corrected chi connectivity index (χ3v) is 5.24. The Morgan fingerprint density at radius 1 is 1.00 bits per heavy atom. The van der Waals surface area contributed by atoms with Crippen LogP contribution in [-0.4, -0.2) is 28.0 Å². The normalized spacial score (nSPS) is 12.0. The Bertz CT molecular complexity index is 876. The number of aryl methyl sites for hydroxylation is 1. The van der Waals surface area contributed by atoms with Crippen molar-refractivity contribution in [1.29, 1.82) is 0 Å². The Morgan fingerprint density at radius 3 is 2.33 bits per heavy atom. The second-order valence-corrected chi connectivity index (χ2v) is 8.28. The molecule has 178 valence electrons. The van der Waals surface area contributed by atoms with Crippen molar-refractivity contribution >= 4 is 11.9 Å². The summed E-state index contributed by atoms with van der Waals surface area (Å²) in [5.41, 5.74) is 2.03. The third kappa shape index (κ3) is 10.9. The molecule has 0 saturated carbocycles. The molecule has 0 aliphatic carbocycles. The van der Waals surface area contributed by atoms with Gasteiger partial charge in [-0.1, -0.05) is 69.4 Å². The van der Waals surface area contributed by atoms with E-state index in [1.807, 2.05) is 37.3 Å². The van der Waals surface area contributed by atoms with Gasteiger partial charge in [-0.3, -0.25) is 4.79 Å². The molecule has 0 aliphatic rings. The molecule has 1 aromatic carbocycles. The van der Waals surface area contributed by atoms with Gasteiger partial charge in [-0.15, -0.1) is 0 Å². The maximum atomic E-state index is 12.0. The molecule has 2 aromatic rings. The number of rotatable bonds is 14. The predicted octanol–water partition coefficient (Wildman–Crippen LogP) is 6.24. The van der Waals surface area contributed by atoms with E-state index in [0.717, 1.165) is 36.8 Å². The summed E-state index contributed by atoms with van der Waals surface area (Å²) in [5.74, 6) is 0.218. The van der Waals surface area contributed by atoms with Crippen LogP contribution in [0.15, 0.2) is 48.8 Å². The highest BCUT2D eigenvalue weighted by Gasteiger charge is 2.08. The van der Waals surface area contributed by atoms with Crippen LogP contribution in [0, 0.1) is 0 Å². The molecule has 33 heavy (non-hydrogen) atoms. The molecule has 0 fully saturated rings. The van der Waals surface area contributed by atoms with E-state index in [2.05, 4.69) is 16.9 Å². The van der Waals surface area contributed by atoms with E-state index in [4.69, 9.17) is 9.47 Å². The Morgan fingerprint density at radius 2 is 1.67 bits per heavy atom. The zero-order chi connectivity index (χ0) is 23.9. The summed E-state index contributed by atoms with van der Waals surface area (Å²) >= 11 is 0. The van der Waals surface area contributed by atoms with Gasteiger partial charge in [-0.2, -0.15) is 0 Å². The molecular weight excluding hydrogens is 416 g/mol. The lowest BCUT2D eigenvalue weighted by molar-refractivity contribution is -0.145. The zero-order valence-corrected chi connectivity index (χ0v) is 20.1. The number of hydrogen-bond acceptors (Lipinski definition) is 6. The number of unbranched alkanes of at least 4 members (excludes halogenated alkanes) is 6. The molecule has 2 rings (SSSR count). The minimum absolute atomic E-state index is 0.105. The number of ether oxygens (including phenoxy) is 2. The molecule has 0 amide bonds. The van der Waals surface area contributed by atoms with Crippen LogP contribution in [0.4, 0.5) is 0 Å². The minimum atomic E-state index is -0.412. The molecular formula is C27H36N2O4. The Hall–Kier alpha value is -3.02. The second kappa shape index (κ2) is 14.9. The predicted molar refractivity (Wildman–Crippen MR) is 130 cm³/mol. The molecule has 0 saturated heterocycles. The summed E-state index contributed by atoms with van der Waals surface area (Å²) < 4.78 is 10.4. The SMILES string of the molecule is CCCCCCCC/C=C/C(=O)Oc1cnc(-c2ccc(CCC(C)OC(C)=O)cc2)nc1. The van der Waals surface area contributed by atoms with Gasteiger partial charge in [0, 0.05) is 18.6 Å². The van der Waals surface area contributed by atoms with Crippen molar-refractivity contribution < 1.29 is 19.1 Å². The lowest BCUT2D eigenvalue weighted by Gasteiger charge is -2.11. The topological polar surface area (TPSA) is 78.4 Å². The van der Waals surface area contributed by atoms with E-state index in [0.29, 0.717) is 11.6 Å². The zero-order valence-electron chi connectivity index (χ0n) is 20.1. The molecule has 1 aromatic heterocycles. The van der Waals surface area contributed by atoms with Crippen LogP contribution in [0.3, 0.4) is 0 Å². The highest BCUT2D eigenvalue weighted by Crippen LogP contribution is 2.18. The standard InChI is InChI=1S/C27H36N2O4/c1-4-5-6-7-8-9-10-11-12-26(31)33-25-19-28-27(29-20-25)24-17-15-23(16-18-24)14-13-21(2)32-22(3)30/h11-12,15-21H,4-10,13-14H2,1-3H3/b12-11+. The van der Waals surface area contributed by atoms with E-state index in [9.17, 15) is 9.59 Å². The van der Waals surface area contributed by atoms with E-state index in [1.54, 1.807) is 0 Å². The van der Waals surface area contributed by atoms with Crippen molar-refractivity contribution in [2.24, 2.45) is 0 Å².